The summed E-state index contributed by atoms with van der Waals surface area (Å²) < 4.78 is 0. The Morgan fingerprint density at radius 3 is 2.11 bits per heavy atom. The van der Waals surface area contributed by atoms with Gasteiger partial charge in [0.1, 0.15) is 0 Å². The van der Waals surface area contributed by atoms with E-state index in [0.717, 1.165) is 6.42 Å². The van der Waals surface area contributed by atoms with Gasteiger partial charge in [-0.25, -0.2) is 0 Å². The van der Waals surface area contributed by atoms with Crippen molar-refractivity contribution in [3.8, 4) is 11.8 Å². The van der Waals surface area contributed by atoms with Gasteiger partial charge in [0.25, 0.3) is 0 Å². The predicted octanol–water partition coefficient (Wildman–Crippen LogP) is 6.14. The van der Waals surface area contributed by atoms with Gasteiger partial charge in [-0.3, -0.25) is 0 Å². The minimum Gasteiger partial charge on any atom is -0.106 e. The van der Waals surface area contributed by atoms with E-state index in [4.69, 9.17) is 0 Å². The normalized spacial score (nSPS) is 12.8. The fourth-order valence-electron chi connectivity index (χ4n) is 1.77. The molecule has 0 N–H and O–H groups in total. The monoisotopic (exact) mass is 248 g/mol. The van der Waals surface area contributed by atoms with E-state index < -0.39 is 0 Å². The van der Waals surface area contributed by atoms with Crippen LogP contribution in [0.25, 0.3) is 0 Å². The summed E-state index contributed by atoms with van der Waals surface area (Å²) in [6.07, 6.45) is 17.7. The van der Waals surface area contributed by atoms with Crippen molar-refractivity contribution >= 4 is 0 Å². The molecule has 0 nitrogen and oxygen atoms in total. The number of allylic oxidation sites excluding steroid dienone is 4. The van der Waals surface area contributed by atoms with Crippen molar-refractivity contribution in [1.82, 2.24) is 0 Å². The fraction of sp³-hybridized carbons (Fsp3) is 0.667. The van der Waals surface area contributed by atoms with E-state index in [2.05, 4.69) is 50.0 Å². The molecule has 1 atom stereocenters. The summed E-state index contributed by atoms with van der Waals surface area (Å²) in [7, 11) is 0. The summed E-state index contributed by atoms with van der Waals surface area (Å²) in [4.78, 5) is 0. The Labute approximate surface area is 116 Å². The van der Waals surface area contributed by atoms with Crippen molar-refractivity contribution in [2.45, 2.75) is 73.1 Å². The average molecular weight is 248 g/mol. The number of hydrogen-bond donors (Lipinski definition) is 0. The molecule has 0 aromatic rings. The molecule has 0 fully saturated rings. The molecule has 0 heteroatoms. The standard InChI is InChI=1S/C12H22.C5H6.CH4/c1-4-6-7-8-9-11-12(3)10-5-2;1-2-4-5-3-1;/h12H,4,6-9,11H2,1-3H3;1-4H,5H2;1H4. The number of rotatable bonds is 6. The minimum atomic E-state index is 0. The third-order valence-electron chi connectivity index (χ3n) is 2.79. The number of unbranched alkanes of at least 4 members (excludes halogenated alkanes) is 4. The lowest BCUT2D eigenvalue weighted by atomic mass is 10.0. The molecule has 0 saturated carbocycles. The quantitative estimate of drug-likeness (QED) is 0.391. The highest BCUT2D eigenvalue weighted by Gasteiger charge is 1.95. The second-order valence-corrected chi connectivity index (χ2v) is 4.59. The van der Waals surface area contributed by atoms with Crippen molar-refractivity contribution in [2.75, 3.05) is 0 Å². The van der Waals surface area contributed by atoms with Gasteiger partial charge in [0.2, 0.25) is 0 Å². The molecule has 0 radical (unpaired) electrons. The highest BCUT2D eigenvalue weighted by Crippen LogP contribution is 2.10. The van der Waals surface area contributed by atoms with Gasteiger partial charge in [0.15, 0.2) is 0 Å². The Morgan fingerprint density at radius 2 is 1.67 bits per heavy atom. The summed E-state index contributed by atoms with van der Waals surface area (Å²) in [5.41, 5.74) is 0. The Hall–Kier alpha value is -0.960. The van der Waals surface area contributed by atoms with E-state index in [1.807, 2.05) is 6.92 Å². The Morgan fingerprint density at radius 1 is 1.06 bits per heavy atom. The number of hydrogen-bond acceptors (Lipinski definition) is 0. The third-order valence-corrected chi connectivity index (χ3v) is 2.79. The van der Waals surface area contributed by atoms with Gasteiger partial charge in [-0.15, -0.1) is 11.8 Å². The Balaban J connectivity index is 0. The highest BCUT2D eigenvalue weighted by molar-refractivity contribution is 5.12. The van der Waals surface area contributed by atoms with Gasteiger partial charge < -0.3 is 0 Å². The molecule has 0 aromatic heterocycles. The van der Waals surface area contributed by atoms with Crippen LogP contribution in [0.2, 0.25) is 0 Å². The molecular weight excluding hydrogens is 216 g/mol. The zero-order chi connectivity index (χ0) is 12.8. The predicted molar refractivity (Wildman–Crippen MR) is 85.6 cm³/mol. The third kappa shape index (κ3) is 15.0. The lowest BCUT2D eigenvalue weighted by Crippen LogP contribution is -1.89. The molecule has 0 saturated heterocycles. The summed E-state index contributed by atoms with van der Waals surface area (Å²) >= 11 is 0. The van der Waals surface area contributed by atoms with E-state index in [1.165, 1.54) is 38.5 Å². The molecule has 1 aliphatic carbocycles. The summed E-state index contributed by atoms with van der Waals surface area (Å²) in [6.45, 7) is 6.40. The van der Waals surface area contributed by atoms with Crippen LogP contribution in [-0.2, 0) is 0 Å². The maximum absolute atomic E-state index is 3.19. The molecule has 0 aliphatic heterocycles. The molecule has 1 aliphatic rings. The van der Waals surface area contributed by atoms with Crippen LogP contribution >= 0.6 is 0 Å². The SMILES string of the molecule is C.C1=CCC=C1.CC#CC(C)CCCCCCC. The van der Waals surface area contributed by atoms with E-state index in [1.54, 1.807) is 0 Å². The fourth-order valence-corrected chi connectivity index (χ4v) is 1.77. The Kier molecular flexibility index (Phi) is 17.3. The molecule has 0 aromatic carbocycles. The van der Waals surface area contributed by atoms with Gasteiger partial charge in [-0.2, -0.15) is 0 Å². The molecule has 104 valence electrons. The smallest absolute Gasteiger partial charge is 0.0174 e. The van der Waals surface area contributed by atoms with Crippen molar-refractivity contribution in [1.29, 1.82) is 0 Å². The Bertz CT molecular complexity index is 249. The van der Waals surface area contributed by atoms with E-state index in [-0.39, 0.29) is 7.43 Å². The first-order valence-corrected chi connectivity index (χ1v) is 7.05. The average Bonchev–Trinajstić information content (AvgIpc) is 2.88. The van der Waals surface area contributed by atoms with Crippen LogP contribution in [0.5, 0.6) is 0 Å². The molecule has 0 heterocycles. The first kappa shape index (κ1) is 19.4. The van der Waals surface area contributed by atoms with Crippen molar-refractivity contribution in [3.05, 3.63) is 24.3 Å². The van der Waals surface area contributed by atoms with Crippen LogP contribution in [0.3, 0.4) is 0 Å². The lowest BCUT2D eigenvalue weighted by molar-refractivity contribution is 0.559. The zero-order valence-corrected chi connectivity index (χ0v) is 11.8. The maximum Gasteiger partial charge on any atom is 0.0174 e. The van der Waals surface area contributed by atoms with Crippen LogP contribution in [0.4, 0.5) is 0 Å². The van der Waals surface area contributed by atoms with E-state index in [9.17, 15) is 0 Å². The second kappa shape index (κ2) is 16.0. The van der Waals surface area contributed by atoms with E-state index in [0.29, 0.717) is 5.92 Å². The minimum absolute atomic E-state index is 0. The molecular formula is C18H32. The molecule has 0 spiro atoms. The molecule has 18 heavy (non-hydrogen) atoms. The van der Waals surface area contributed by atoms with Crippen LogP contribution in [0, 0.1) is 17.8 Å². The summed E-state index contributed by atoms with van der Waals surface area (Å²) in [6, 6.07) is 0. The molecule has 0 amide bonds. The highest BCUT2D eigenvalue weighted by atomic mass is 14.0. The second-order valence-electron chi connectivity index (χ2n) is 4.59. The van der Waals surface area contributed by atoms with Crippen LogP contribution in [0.1, 0.15) is 73.1 Å². The molecule has 1 rings (SSSR count). The van der Waals surface area contributed by atoms with Gasteiger partial charge >= 0.3 is 0 Å². The van der Waals surface area contributed by atoms with Crippen LogP contribution < -0.4 is 0 Å². The van der Waals surface area contributed by atoms with E-state index >= 15 is 0 Å². The van der Waals surface area contributed by atoms with Crippen LogP contribution in [-0.4, -0.2) is 0 Å². The summed E-state index contributed by atoms with van der Waals surface area (Å²) in [5, 5.41) is 0. The molecule has 0 bridgehead atoms. The van der Waals surface area contributed by atoms with Crippen molar-refractivity contribution in [2.24, 2.45) is 5.92 Å². The first-order chi connectivity index (χ1) is 8.31. The van der Waals surface area contributed by atoms with Gasteiger partial charge in [-0.1, -0.05) is 77.7 Å². The zero-order valence-electron chi connectivity index (χ0n) is 11.8. The van der Waals surface area contributed by atoms with Gasteiger partial charge in [0.05, 0.1) is 0 Å². The largest absolute Gasteiger partial charge is 0.106 e. The lowest BCUT2D eigenvalue weighted by Gasteiger charge is -2.02. The first-order valence-electron chi connectivity index (χ1n) is 7.05. The topological polar surface area (TPSA) is 0 Å². The van der Waals surface area contributed by atoms with Gasteiger partial charge in [0, 0.05) is 5.92 Å². The maximum atomic E-state index is 3.19. The van der Waals surface area contributed by atoms with Crippen molar-refractivity contribution in [3.63, 3.8) is 0 Å². The summed E-state index contributed by atoms with van der Waals surface area (Å²) in [5.74, 6) is 6.76. The van der Waals surface area contributed by atoms with Crippen LogP contribution in [0.15, 0.2) is 24.3 Å². The van der Waals surface area contributed by atoms with Crippen molar-refractivity contribution < 1.29 is 0 Å². The van der Waals surface area contributed by atoms with Gasteiger partial charge in [-0.05, 0) is 19.8 Å². The molecule has 1 unspecified atom stereocenters.